The highest BCUT2D eigenvalue weighted by molar-refractivity contribution is 7.15. The van der Waals surface area contributed by atoms with Crippen LogP contribution in [0.3, 0.4) is 0 Å². The van der Waals surface area contributed by atoms with Crippen LogP contribution in [0.5, 0.6) is 0 Å². The summed E-state index contributed by atoms with van der Waals surface area (Å²) in [7, 11) is 0. The van der Waals surface area contributed by atoms with Crippen molar-refractivity contribution in [3.63, 3.8) is 0 Å². The maximum atomic E-state index is 11.9. The van der Waals surface area contributed by atoms with Gasteiger partial charge < -0.3 is 0 Å². The van der Waals surface area contributed by atoms with E-state index in [0.29, 0.717) is 5.13 Å². The van der Waals surface area contributed by atoms with Gasteiger partial charge in [0.2, 0.25) is 5.13 Å². The monoisotopic (exact) mass is 253 g/mol. The van der Waals surface area contributed by atoms with Crippen LogP contribution in [0, 0.1) is 20.8 Å². The highest BCUT2D eigenvalue weighted by atomic mass is 32.1. The van der Waals surface area contributed by atoms with E-state index in [-0.39, 0.29) is 5.91 Å². The zero-order valence-electron chi connectivity index (χ0n) is 9.20. The van der Waals surface area contributed by atoms with Crippen molar-refractivity contribution in [3.8, 4) is 0 Å². The summed E-state index contributed by atoms with van der Waals surface area (Å²) in [5.74, 6) is -0.113. The minimum Gasteiger partial charge on any atom is -0.296 e. The van der Waals surface area contributed by atoms with Crippen LogP contribution in [-0.4, -0.2) is 16.1 Å². The lowest BCUT2D eigenvalue weighted by molar-refractivity contribution is 0.102. The van der Waals surface area contributed by atoms with Gasteiger partial charge in [-0.25, -0.2) is 0 Å². The fourth-order valence-electron chi connectivity index (χ4n) is 1.37. The van der Waals surface area contributed by atoms with E-state index in [1.807, 2.05) is 26.8 Å². The van der Waals surface area contributed by atoms with Crippen molar-refractivity contribution in [1.82, 2.24) is 10.2 Å². The van der Waals surface area contributed by atoms with E-state index in [9.17, 15) is 4.79 Å². The summed E-state index contributed by atoms with van der Waals surface area (Å²) in [6.45, 7) is 5.79. The van der Waals surface area contributed by atoms with Crippen molar-refractivity contribution in [2.24, 2.45) is 0 Å². The third-order valence-corrected chi connectivity index (χ3v) is 3.75. The van der Waals surface area contributed by atoms with Crippen LogP contribution < -0.4 is 5.32 Å². The number of carbonyl (C=O) groups excluding carboxylic acids is 1. The number of nitrogens with zero attached hydrogens (tertiary/aromatic N) is 2. The van der Waals surface area contributed by atoms with Crippen LogP contribution in [-0.2, 0) is 0 Å². The van der Waals surface area contributed by atoms with Gasteiger partial charge in [0, 0.05) is 9.75 Å². The quantitative estimate of drug-likeness (QED) is 0.895. The van der Waals surface area contributed by atoms with Crippen LogP contribution in [0.1, 0.15) is 25.1 Å². The summed E-state index contributed by atoms with van der Waals surface area (Å²) in [4.78, 5) is 14.1. The molecule has 0 saturated heterocycles. The van der Waals surface area contributed by atoms with Crippen LogP contribution in [0.2, 0.25) is 0 Å². The second-order valence-electron chi connectivity index (χ2n) is 3.41. The predicted molar refractivity (Wildman–Crippen MR) is 66.4 cm³/mol. The molecule has 0 aliphatic rings. The summed E-state index contributed by atoms with van der Waals surface area (Å²) in [5, 5.41) is 11.8. The third-order valence-electron chi connectivity index (χ3n) is 2.03. The number of aryl methyl sites for hydroxylation is 3. The number of anilines is 1. The first-order chi connectivity index (χ1) is 7.56. The molecule has 16 heavy (non-hydrogen) atoms. The molecule has 2 aromatic rings. The Morgan fingerprint density at radius 1 is 1.25 bits per heavy atom. The van der Waals surface area contributed by atoms with Crippen molar-refractivity contribution in [3.05, 3.63) is 26.4 Å². The lowest BCUT2D eigenvalue weighted by Crippen LogP contribution is -2.11. The molecule has 0 radical (unpaired) electrons. The number of rotatable bonds is 2. The van der Waals surface area contributed by atoms with Gasteiger partial charge >= 0.3 is 0 Å². The molecule has 0 fully saturated rings. The fourth-order valence-corrected chi connectivity index (χ4v) is 2.88. The Kier molecular flexibility index (Phi) is 3.02. The maximum Gasteiger partial charge on any atom is 0.258 e. The molecule has 2 rings (SSSR count). The highest BCUT2D eigenvalue weighted by Crippen LogP contribution is 2.22. The van der Waals surface area contributed by atoms with Gasteiger partial charge in [-0.2, -0.15) is 0 Å². The van der Waals surface area contributed by atoms with Crippen molar-refractivity contribution in [1.29, 1.82) is 0 Å². The lowest BCUT2D eigenvalue weighted by Gasteiger charge is -1.98. The normalized spacial score (nSPS) is 10.4. The summed E-state index contributed by atoms with van der Waals surface area (Å²) >= 11 is 2.99. The molecule has 0 saturated carbocycles. The summed E-state index contributed by atoms with van der Waals surface area (Å²) in [6.07, 6.45) is 0. The van der Waals surface area contributed by atoms with Crippen molar-refractivity contribution >= 4 is 33.7 Å². The number of nitrogens with one attached hydrogen (secondary N) is 1. The van der Waals surface area contributed by atoms with E-state index in [4.69, 9.17) is 0 Å². The molecule has 84 valence electrons. The zero-order chi connectivity index (χ0) is 11.7. The Labute approximate surface area is 101 Å². The van der Waals surface area contributed by atoms with E-state index >= 15 is 0 Å². The Morgan fingerprint density at radius 2 is 2.00 bits per heavy atom. The van der Waals surface area contributed by atoms with Gasteiger partial charge in [-0.05, 0) is 26.8 Å². The first-order valence-corrected chi connectivity index (χ1v) is 6.38. The molecule has 1 amide bonds. The van der Waals surface area contributed by atoms with Gasteiger partial charge in [0.05, 0.1) is 5.56 Å². The second-order valence-corrected chi connectivity index (χ2v) is 6.05. The Bertz CT molecular complexity index is 530. The third kappa shape index (κ3) is 2.28. The lowest BCUT2D eigenvalue weighted by atomic mass is 10.2. The van der Waals surface area contributed by atoms with Gasteiger partial charge in [0.1, 0.15) is 5.01 Å². The van der Waals surface area contributed by atoms with E-state index in [0.717, 1.165) is 20.3 Å². The van der Waals surface area contributed by atoms with Crippen LogP contribution in [0.15, 0.2) is 6.07 Å². The Morgan fingerprint density at radius 3 is 2.50 bits per heavy atom. The molecule has 0 spiro atoms. The SMILES string of the molecule is Cc1cc(C(=O)Nc2nnc(C)s2)c(C)s1. The summed E-state index contributed by atoms with van der Waals surface area (Å²) < 4.78 is 0. The number of hydrogen-bond donors (Lipinski definition) is 1. The van der Waals surface area contributed by atoms with Gasteiger partial charge in [-0.1, -0.05) is 11.3 Å². The van der Waals surface area contributed by atoms with E-state index in [1.54, 1.807) is 11.3 Å². The summed E-state index contributed by atoms with van der Waals surface area (Å²) in [5.41, 5.74) is 0.718. The molecular formula is C10H11N3OS2. The van der Waals surface area contributed by atoms with Crippen LogP contribution >= 0.6 is 22.7 Å². The van der Waals surface area contributed by atoms with Gasteiger partial charge in [-0.15, -0.1) is 21.5 Å². The fraction of sp³-hybridized carbons (Fsp3) is 0.300. The van der Waals surface area contributed by atoms with Gasteiger partial charge in [0.25, 0.3) is 5.91 Å². The Balaban J connectivity index is 2.17. The molecule has 0 aromatic carbocycles. The molecule has 6 heteroatoms. The number of amides is 1. The molecule has 0 aliphatic carbocycles. The predicted octanol–water partition coefficient (Wildman–Crippen LogP) is 2.78. The number of hydrogen-bond acceptors (Lipinski definition) is 5. The summed E-state index contributed by atoms with van der Waals surface area (Å²) in [6, 6.07) is 1.89. The van der Waals surface area contributed by atoms with Gasteiger partial charge in [-0.3, -0.25) is 10.1 Å². The number of carbonyl (C=O) groups is 1. The average Bonchev–Trinajstić information content (AvgIpc) is 2.73. The largest absolute Gasteiger partial charge is 0.296 e. The molecule has 2 heterocycles. The number of thiophene rings is 1. The first kappa shape index (κ1) is 11.2. The first-order valence-electron chi connectivity index (χ1n) is 4.75. The van der Waals surface area contributed by atoms with E-state index < -0.39 is 0 Å². The van der Waals surface area contributed by atoms with E-state index in [1.165, 1.54) is 11.3 Å². The average molecular weight is 253 g/mol. The molecule has 4 nitrogen and oxygen atoms in total. The van der Waals surface area contributed by atoms with Crippen molar-refractivity contribution in [2.75, 3.05) is 5.32 Å². The minimum atomic E-state index is -0.113. The van der Waals surface area contributed by atoms with Crippen LogP contribution in [0.4, 0.5) is 5.13 Å². The molecule has 0 atom stereocenters. The molecule has 0 bridgehead atoms. The number of aromatic nitrogens is 2. The smallest absolute Gasteiger partial charge is 0.258 e. The minimum absolute atomic E-state index is 0.113. The molecule has 2 aromatic heterocycles. The second kappa shape index (κ2) is 4.31. The highest BCUT2D eigenvalue weighted by Gasteiger charge is 2.13. The molecule has 0 unspecified atom stereocenters. The Hall–Kier alpha value is -1.27. The van der Waals surface area contributed by atoms with Crippen molar-refractivity contribution in [2.45, 2.75) is 20.8 Å². The molecule has 0 aliphatic heterocycles. The topological polar surface area (TPSA) is 54.9 Å². The standard InChI is InChI=1S/C10H11N3OS2/c1-5-4-8(6(2)15-5)9(14)11-10-13-12-7(3)16-10/h4H,1-3H3,(H,11,13,14). The molecular weight excluding hydrogens is 242 g/mol. The zero-order valence-corrected chi connectivity index (χ0v) is 10.8. The van der Waals surface area contributed by atoms with Gasteiger partial charge in [0.15, 0.2) is 0 Å². The van der Waals surface area contributed by atoms with Crippen LogP contribution in [0.25, 0.3) is 0 Å². The maximum absolute atomic E-state index is 11.9. The van der Waals surface area contributed by atoms with E-state index in [2.05, 4.69) is 15.5 Å². The van der Waals surface area contributed by atoms with Crippen molar-refractivity contribution < 1.29 is 4.79 Å². The molecule has 1 N–H and O–H groups in total.